The summed E-state index contributed by atoms with van der Waals surface area (Å²) < 4.78 is 8.64. The molecule has 0 aliphatic carbocycles. The van der Waals surface area contributed by atoms with E-state index in [1.165, 1.54) is 0 Å². The van der Waals surface area contributed by atoms with Crippen LogP contribution in [0.3, 0.4) is 0 Å². The van der Waals surface area contributed by atoms with Crippen molar-refractivity contribution in [3.05, 3.63) is 0 Å². The Hall–Kier alpha value is -0.610. The number of hydrogen-bond acceptors (Lipinski definition) is 4. The molecule has 4 heteroatoms. The highest BCUT2D eigenvalue weighted by Crippen LogP contribution is 1.71. The van der Waals surface area contributed by atoms with Crippen LogP contribution in [0.2, 0.25) is 0 Å². The molecule has 0 unspecified atom stereocenters. The lowest BCUT2D eigenvalue weighted by atomic mass is 10.8. The standard InChI is InChI=1S/C4H8O4/c5-1-2-7-4-8-3-6/h3,5H,1-2,4H2. The molecule has 1 N–H and O–H groups in total. The van der Waals surface area contributed by atoms with E-state index in [-0.39, 0.29) is 26.5 Å². The Morgan fingerprint density at radius 1 is 1.62 bits per heavy atom. The Labute approximate surface area is 47.0 Å². The van der Waals surface area contributed by atoms with Crippen LogP contribution in [0.1, 0.15) is 0 Å². The monoisotopic (exact) mass is 120 g/mol. The smallest absolute Gasteiger partial charge is 0.295 e. The first-order chi connectivity index (χ1) is 3.91. The second-order valence-corrected chi connectivity index (χ2v) is 1.01. The molecule has 0 bridgehead atoms. The van der Waals surface area contributed by atoms with Crippen LogP contribution in [0.15, 0.2) is 0 Å². The van der Waals surface area contributed by atoms with Gasteiger partial charge in [0.1, 0.15) is 0 Å². The van der Waals surface area contributed by atoms with Crippen molar-refractivity contribution < 1.29 is 19.4 Å². The van der Waals surface area contributed by atoms with Crippen molar-refractivity contribution in [3.63, 3.8) is 0 Å². The highest BCUT2D eigenvalue weighted by molar-refractivity contribution is 5.36. The highest BCUT2D eigenvalue weighted by atomic mass is 16.7. The fraction of sp³-hybridized carbons (Fsp3) is 0.750. The minimum atomic E-state index is -0.0793. The molecule has 0 aliphatic heterocycles. The number of ether oxygens (including phenoxy) is 2. The molecule has 4 nitrogen and oxygen atoms in total. The van der Waals surface area contributed by atoms with Gasteiger partial charge in [0.15, 0.2) is 6.79 Å². The number of rotatable bonds is 5. The number of carbonyl (C=O) groups is 1. The van der Waals surface area contributed by atoms with Gasteiger partial charge in [0.2, 0.25) is 0 Å². The first-order valence-electron chi connectivity index (χ1n) is 2.15. The molecule has 48 valence electrons. The molecule has 0 aromatic heterocycles. The molecule has 0 saturated carbocycles. The van der Waals surface area contributed by atoms with Crippen molar-refractivity contribution in [2.75, 3.05) is 20.0 Å². The third kappa shape index (κ3) is 5.39. The summed E-state index contributed by atoms with van der Waals surface area (Å²) in [4.78, 5) is 9.40. The zero-order valence-corrected chi connectivity index (χ0v) is 4.37. The van der Waals surface area contributed by atoms with Crippen molar-refractivity contribution in [1.29, 1.82) is 0 Å². The van der Waals surface area contributed by atoms with Crippen LogP contribution < -0.4 is 0 Å². The summed E-state index contributed by atoms with van der Waals surface area (Å²) in [5.41, 5.74) is 0. The van der Waals surface area contributed by atoms with E-state index in [9.17, 15) is 4.79 Å². The first kappa shape index (κ1) is 7.39. The molecule has 0 rings (SSSR count). The molecular weight excluding hydrogens is 112 g/mol. The number of hydrogen-bond donors (Lipinski definition) is 1. The van der Waals surface area contributed by atoms with E-state index in [4.69, 9.17) is 5.11 Å². The van der Waals surface area contributed by atoms with Crippen molar-refractivity contribution in [1.82, 2.24) is 0 Å². The summed E-state index contributed by atoms with van der Waals surface area (Å²) in [6.45, 7) is 0.359. The summed E-state index contributed by atoms with van der Waals surface area (Å²) >= 11 is 0. The maximum atomic E-state index is 9.40. The summed E-state index contributed by atoms with van der Waals surface area (Å²) in [5, 5.41) is 8.10. The molecule has 0 heterocycles. The van der Waals surface area contributed by atoms with Gasteiger partial charge in [-0.15, -0.1) is 0 Å². The zero-order valence-electron chi connectivity index (χ0n) is 4.37. The average molecular weight is 120 g/mol. The van der Waals surface area contributed by atoms with E-state index in [2.05, 4.69) is 9.47 Å². The van der Waals surface area contributed by atoms with Crippen LogP contribution in [0.5, 0.6) is 0 Å². The summed E-state index contributed by atoms with van der Waals surface area (Å²) in [7, 11) is 0. The molecule has 0 aromatic carbocycles. The molecule has 0 spiro atoms. The van der Waals surface area contributed by atoms with Crippen LogP contribution in [0, 0.1) is 0 Å². The van der Waals surface area contributed by atoms with E-state index in [1.807, 2.05) is 0 Å². The average Bonchev–Trinajstić information content (AvgIpc) is 1.81. The summed E-state index contributed by atoms with van der Waals surface area (Å²) in [5.74, 6) is 0. The van der Waals surface area contributed by atoms with Gasteiger partial charge in [-0.25, -0.2) is 0 Å². The Morgan fingerprint density at radius 2 is 2.38 bits per heavy atom. The lowest BCUT2D eigenvalue weighted by Gasteiger charge is -1.96. The highest BCUT2D eigenvalue weighted by Gasteiger charge is 1.81. The van der Waals surface area contributed by atoms with Crippen LogP contribution >= 0.6 is 0 Å². The predicted octanol–water partition coefficient (Wildman–Crippen LogP) is -0.874. The van der Waals surface area contributed by atoms with E-state index in [0.29, 0.717) is 0 Å². The van der Waals surface area contributed by atoms with Crippen LogP contribution in [0.25, 0.3) is 0 Å². The maximum Gasteiger partial charge on any atom is 0.295 e. The predicted molar refractivity (Wildman–Crippen MR) is 25.1 cm³/mol. The molecule has 0 aliphatic rings. The number of carbonyl (C=O) groups excluding carboxylic acids is 1. The van der Waals surface area contributed by atoms with E-state index in [1.54, 1.807) is 0 Å². The van der Waals surface area contributed by atoms with Crippen molar-refractivity contribution in [2.24, 2.45) is 0 Å². The quantitative estimate of drug-likeness (QED) is 0.291. The van der Waals surface area contributed by atoms with Gasteiger partial charge in [-0.2, -0.15) is 0 Å². The lowest BCUT2D eigenvalue weighted by molar-refractivity contribution is -0.141. The van der Waals surface area contributed by atoms with Crippen LogP contribution in [-0.4, -0.2) is 31.6 Å². The Kier molecular flexibility index (Phi) is 5.90. The number of aliphatic hydroxyl groups is 1. The maximum absolute atomic E-state index is 9.40. The van der Waals surface area contributed by atoms with Gasteiger partial charge >= 0.3 is 0 Å². The van der Waals surface area contributed by atoms with Crippen LogP contribution in [-0.2, 0) is 14.3 Å². The molecule has 0 fully saturated rings. The molecule has 8 heavy (non-hydrogen) atoms. The Morgan fingerprint density at radius 3 is 2.88 bits per heavy atom. The van der Waals surface area contributed by atoms with Crippen molar-refractivity contribution in [2.45, 2.75) is 0 Å². The van der Waals surface area contributed by atoms with Gasteiger partial charge in [-0.05, 0) is 0 Å². The minimum absolute atomic E-state index is 0.0534. The van der Waals surface area contributed by atoms with Crippen molar-refractivity contribution in [3.8, 4) is 0 Å². The third-order valence-corrected chi connectivity index (χ3v) is 0.455. The van der Waals surface area contributed by atoms with Gasteiger partial charge in [-0.3, -0.25) is 4.79 Å². The van der Waals surface area contributed by atoms with E-state index in [0.717, 1.165) is 0 Å². The van der Waals surface area contributed by atoms with Gasteiger partial charge < -0.3 is 14.6 Å². The normalized spacial score (nSPS) is 8.62. The molecular formula is C4H8O4. The Bertz CT molecular complexity index is 54.0. The zero-order chi connectivity index (χ0) is 6.24. The van der Waals surface area contributed by atoms with Gasteiger partial charge in [0.05, 0.1) is 13.2 Å². The van der Waals surface area contributed by atoms with Gasteiger partial charge in [0.25, 0.3) is 6.47 Å². The number of aliphatic hydroxyl groups excluding tert-OH is 1. The van der Waals surface area contributed by atoms with E-state index < -0.39 is 0 Å². The van der Waals surface area contributed by atoms with Gasteiger partial charge in [-0.1, -0.05) is 0 Å². The van der Waals surface area contributed by atoms with Crippen molar-refractivity contribution >= 4 is 6.47 Å². The largest absolute Gasteiger partial charge is 0.441 e. The minimum Gasteiger partial charge on any atom is -0.441 e. The second-order valence-electron chi connectivity index (χ2n) is 1.01. The lowest BCUT2D eigenvalue weighted by Crippen LogP contribution is -2.02. The SMILES string of the molecule is O=COCOCCO. The fourth-order valence-electron chi connectivity index (χ4n) is 0.199. The first-order valence-corrected chi connectivity index (χ1v) is 2.15. The molecule has 0 amide bonds. The molecule has 0 atom stereocenters. The molecule has 0 saturated heterocycles. The molecule has 0 radical (unpaired) electrons. The second kappa shape index (κ2) is 6.39. The summed E-state index contributed by atoms with van der Waals surface area (Å²) in [6.07, 6.45) is 0. The van der Waals surface area contributed by atoms with E-state index >= 15 is 0 Å². The van der Waals surface area contributed by atoms with Crippen LogP contribution in [0.4, 0.5) is 0 Å². The fourth-order valence-corrected chi connectivity index (χ4v) is 0.199. The van der Waals surface area contributed by atoms with Gasteiger partial charge in [0, 0.05) is 0 Å². The molecule has 0 aromatic rings. The Balaban J connectivity index is 2.62. The topological polar surface area (TPSA) is 55.8 Å². The summed E-state index contributed by atoms with van der Waals surface area (Å²) in [6, 6.07) is 0. The third-order valence-electron chi connectivity index (χ3n) is 0.455.